The Hall–Kier alpha value is -0.290. The number of hydrogen-bond acceptors (Lipinski definition) is 5. The molecule has 13 heavy (non-hydrogen) atoms. The topological polar surface area (TPSA) is 78.8 Å². The van der Waals surface area contributed by atoms with Gasteiger partial charge in [0.2, 0.25) is 0 Å². The van der Waals surface area contributed by atoms with Gasteiger partial charge in [-0.05, 0) is 20.8 Å². The SMILES string of the molecule is CC(C)OC(=O)[C@H](C)NP(O)O.F.[HH]. The molecule has 0 aromatic carbocycles. The predicted octanol–water partition coefficient (Wildman–Crippen LogP) is 0.526. The van der Waals surface area contributed by atoms with Crippen LogP contribution < -0.4 is 5.09 Å². The summed E-state index contributed by atoms with van der Waals surface area (Å²) in [6.07, 6.45) is -0.189. The van der Waals surface area contributed by atoms with E-state index in [1.54, 1.807) is 13.8 Å². The molecule has 0 spiro atoms. The average molecular weight is 217 g/mol. The van der Waals surface area contributed by atoms with Crippen molar-refractivity contribution in [1.29, 1.82) is 0 Å². The van der Waals surface area contributed by atoms with Gasteiger partial charge < -0.3 is 14.5 Å². The molecule has 0 aromatic heterocycles. The van der Waals surface area contributed by atoms with Crippen molar-refractivity contribution in [3.8, 4) is 0 Å². The fraction of sp³-hybridized carbons (Fsp3) is 0.833. The second-order valence-corrected chi connectivity index (χ2v) is 3.46. The molecule has 0 aliphatic carbocycles. The van der Waals surface area contributed by atoms with Gasteiger partial charge in [-0.25, -0.2) is 5.09 Å². The molecule has 82 valence electrons. The summed E-state index contributed by atoms with van der Waals surface area (Å²) in [7, 11) is -2.25. The lowest BCUT2D eigenvalue weighted by Gasteiger charge is -2.15. The Morgan fingerprint density at radius 3 is 2.23 bits per heavy atom. The van der Waals surface area contributed by atoms with Gasteiger partial charge in [0, 0.05) is 1.43 Å². The van der Waals surface area contributed by atoms with Crippen molar-refractivity contribution in [3.63, 3.8) is 0 Å². The van der Waals surface area contributed by atoms with Crippen LogP contribution in [0.1, 0.15) is 22.2 Å². The van der Waals surface area contributed by atoms with E-state index in [4.69, 9.17) is 14.5 Å². The number of carbonyl (C=O) groups excluding carboxylic acids is 1. The highest BCUT2D eigenvalue weighted by atomic mass is 31.2. The molecule has 0 aromatic rings. The molecule has 0 heterocycles. The van der Waals surface area contributed by atoms with Crippen molar-refractivity contribution < 1.29 is 25.4 Å². The van der Waals surface area contributed by atoms with Crippen LogP contribution in [0.15, 0.2) is 0 Å². The standard InChI is InChI=1S/C6H14NO4P.FH.H2/c1-4(2)11-6(8)5(3)7-12(9)10;;/h4-5,7,9-10H,1-3H3;2*1H/t5-;;/m0../s1. The van der Waals surface area contributed by atoms with Crippen molar-refractivity contribution in [3.05, 3.63) is 0 Å². The van der Waals surface area contributed by atoms with Crippen LogP contribution in [0.2, 0.25) is 0 Å². The lowest BCUT2D eigenvalue weighted by Crippen LogP contribution is -2.33. The minimum atomic E-state index is -2.25. The van der Waals surface area contributed by atoms with Gasteiger partial charge in [0.05, 0.1) is 6.10 Å². The zero-order valence-corrected chi connectivity index (χ0v) is 8.62. The normalized spacial score (nSPS) is 12.5. The van der Waals surface area contributed by atoms with E-state index in [0.717, 1.165) is 0 Å². The fourth-order valence-electron chi connectivity index (χ4n) is 0.560. The first-order valence-electron chi connectivity index (χ1n) is 3.58. The zero-order chi connectivity index (χ0) is 9.72. The minimum Gasteiger partial charge on any atom is -0.462 e. The Balaban J connectivity index is -0.000000605. The van der Waals surface area contributed by atoms with Gasteiger partial charge in [-0.3, -0.25) is 9.50 Å². The summed E-state index contributed by atoms with van der Waals surface area (Å²) in [6.45, 7) is 4.96. The summed E-state index contributed by atoms with van der Waals surface area (Å²) in [5, 5.41) is 2.25. The van der Waals surface area contributed by atoms with Crippen LogP contribution in [0.5, 0.6) is 0 Å². The zero-order valence-electron chi connectivity index (χ0n) is 7.72. The van der Waals surface area contributed by atoms with Gasteiger partial charge in [-0.15, -0.1) is 0 Å². The van der Waals surface area contributed by atoms with E-state index in [-0.39, 0.29) is 12.2 Å². The first kappa shape index (κ1) is 15.2. The molecule has 0 amide bonds. The lowest BCUT2D eigenvalue weighted by atomic mass is 10.4. The molecule has 0 saturated heterocycles. The van der Waals surface area contributed by atoms with Crippen LogP contribution in [0.4, 0.5) is 4.70 Å². The molecule has 5 nitrogen and oxygen atoms in total. The van der Waals surface area contributed by atoms with E-state index < -0.39 is 20.5 Å². The van der Waals surface area contributed by atoms with Crippen molar-refractivity contribution >= 4 is 14.5 Å². The minimum absolute atomic E-state index is 0. The Labute approximate surface area is 78.9 Å². The highest BCUT2D eigenvalue weighted by Gasteiger charge is 2.17. The van der Waals surface area contributed by atoms with Gasteiger partial charge in [0.15, 0.2) is 0 Å². The number of carbonyl (C=O) groups is 1. The number of hydrogen-bond donors (Lipinski definition) is 3. The maximum Gasteiger partial charge on any atom is 0.323 e. The maximum absolute atomic E-state index is 11.0. The highest BCUT2D eigenvalue weighted by molar-refractivity contribution is 7.42. The number of nitrogens with one attached hydrogen (secondary N) is 1. The van der Waals surface area contributed by atoms with Crippen LogP contribution in [0.25, 0.3) is 0 Å². The quantitative estimate of drug-likeness (QED) is 0.472. The van der Waals surface area contributed by atoms with Gasteiger partial charge in [-0.1, -0.05) is 0 Å². The predicted molar refractivity (Wildman–Crippen MR) is 49.8 cm³/mol. The monoisotopic (exact) mass is 217 g/mol. The summed E-state index contributed by atoms with van der Waals surface area (Å²) in [4.78, 5) is 28.0. The summed E-state index contributed by atoms with van der Waals surface area (Å²) in [5.74, 6) is -0.486. The van der Waals surface area contributed by atoms with Crippen LogP contribution >= 0.6 is 8.53 Å². The maximum atomic E-state index is 11.0. The molecule has 3 N–H and O–H groups in total. The van der Waals surface area contributed by atoms with Gasteiger partial charge >= 0.3 is 5.97 Å². The van der Waals surface area contributed by atoms with Crippen molar-refractivity contribution in [1.82, 2.24) is 5.09 Å². The molecule has 0 aliphatic rings. The molecule has 0 fully saturated rings. The Morgan fingerprint density at radius 2 is 1.92 bits per heavy atom. The first-order valence-corrected chi connectivity index (χ1v) is 4.82. The summed E-state index contributed by atoms with van der Waals surface area (Å²) in [6, 6.07) is -0.687. The number of esters is 1. The first-order chi connectivity index (χ1) is 5.43. The number of halogens is 1. The number of rotatable bonds is 4. The second kappa shape index (κ2) is 7.15. The Kier molecular flexibility index (Phi) is 8.35. The molecule has 0 bridgehead atoms. The summed E-state index contributed by atoms with van der Waals surface area (Å²) in [5.41, 5.74) is 0. The molecule has 1 atom stereocenters. The highest BCUT2D eigenvalue weighted by Crippen LogP contribution is 2.17. The molecule has 0 aliphatic heterocycles. The van der Waals surface area contributed by atoms with Crippen LogP contribution in [0.3, 0.4) is 0 Å². The third kappa shape index (κ3) is 8.05. The van der Waals surface area contributed by atoms with Crippen molar-refractivity contribution in [2.24, 2.45) is 0 Å². The molecule has 0 rings (SSSR count). The third-order valence-corrected chi connectivity index (χ3v) is 1.63. The Morgan fingerprint density at radius 1 is 1.46 bits per heavy atom. The van der Waals surface area contributed by atoms with Crippen molar-refractivity contribution in [2.45, 2.75) is 32.9 Å². The fourth-order valence-corrected chi connectivity index (χ4v) is 1.01. The van der Waals surface area contributed by atoms with Gasteiger partial charge in [0.1, 0.15) is 6.04 Å². The molecule has 7 heteroatoms. The van der Waals surface area contributed by atoms with Gasteiger partial charge in [0.25, 0.3) is 8.53 Å². The van der Waals surface area contributed by atoms with Crippen LogP contribution in [0, 0.1) is 0 Å². The van der Waals surface area contributed by atoms with E-state index in [1.807, 2.05) is 0 Å². The van der Waals surface area contributed by atoms with E-state index in [2.05, 4.69) is 5.09 Å². The van der Waals surface area contributed by atoms with Crippen LogP contribution in [-0.2, 0) is 9.53 Å². The lowest BCUT2D eigenvalue weighted by molar-refractivity contribution is -0.149. The van der Waals surface area contributed by atoms with E-state index >= 15 is 0 Å². The van der Waals surface area contributed by atoms with E-state index in [1.165, 1.54) is 6.92 Å². The van der Waals surface area contributed by atoms with Crippen molar-refractivity contribution in [2.75, 3.05) is 0 Å². The summed E-state index contributed by atoms with van der Waals surface area (Å²) < 4.78 is 4.80. The third-order valence-electron chi connectivity index (χ3n) is 1.01. The molecule has 0 radical (unpaired) electrons. The molecule has 0 unspecified atom stereocenters. The Bertz CT molecular complexity index is 161. The molecule has 0 saturated carbocycles. The van der Waals surface area contributed by atoms with Gasteiger partial charge in [-0.2, -0.15) is 0 Å². The van der Waals surface area contributed by atoms with E-state index in [0.29, 0.717) is 0 Å². The van der Waals surface area contributed by atoms with Crippen LogP contribution in [-0.4, -0.2) is 27.9 Å². The average Bonchev–Trinajstić information content (AvgIpc) is 1.84. The smallest absolute Gasteiger partial charge is 0.323 e. The summed E-state index contributed by atoms with van der Waals surface area (Å²) >= 11 is 0. The molecular weight excluding hydrogens is 200 g/mol. The largest absolute Gasteiger partial charge is 0.462 e. The second-order valence-electron chi connectivity index (χ2n) is 2.63. The van der Waals surface area contributed by atoms with E-state index in [9.17, 15) is 4.79 Å². The number of ether oxygens (including phenoxy) is 1. The molecular formula is C6H17FNO4P.